The van der Waals surface area contributed by atoms with Gasteiger partial charge in [0.1, 0.15) is 17.3 Å². The number of anilines is 1. The van der Waals surface area contributed by atoms with E-state index in [4.69, 9.17) is 4.74 Å². The molecule has 0 fully saturated rings. The average molecular weight is 230 g/mol. The second-order valence-electron chi connectivity index (χ2n) is 3.57. The fourth-order valence-electron chi connectivity index (χ4n) is 1.45. The lowest BCUT2D eigenvalue weighted by atomic mass is 10.2. The fourth-order valence-corrected chi connectivity index (χ4v) is 1.45. The lowest BCUT2D eigenvalue weighted by Crippen LogP contribution is -2.01. The number of hydrogen-bond donors (Lipinski definition) is 2. The molecule has 0 aliphatic carbocycles. The van der Waals surface area contributed by atoms with E-state index in [1.165, 1.54) is 0 Å². The largest absolute Gasteiger partial charge is 0.508 e. The quantitative estimate of drug-likeness (QED) is 0.846. The lowest BCUT2D eigenvalue weighted by molar-refractivity contribution is 0.413. The van der Waals surface area contributed by atoms with Gasteiger partial charge in [0.25, 0.3) is 0 Å². The number of aromatic nitrogens is 1. The molecule has 2 aromatic rings. The number of pyridine rings is 1. The van der Waals surface area contributed by atoms with E-state index in [-0.39, 0.29) is 5.75 Å². The predicted octanol–water partition coefficient (Wildman–Crippen LogP) is 2.41. The number of nitrogens with zero attached hydrogens (tertiary/aromatic N) is 1. The van der Waals surface area contributed by atoms with E-state index in [0.29, 0.717) is 6.54 Å². The number of phenolic OH excluding ortho intramolecular Hbond substituents is 1. The minimum atomic E-state index is 0.286. The number of ether oxygens (including phenoxy) is 1. The van der Waals surface area contributed by atoms with Gasteiger partial charge < -0.3 is 15.2 Å². The van der Waals surface area contributed by atoms with Crippen molar-refractivity contribution in [2.75, 3.05) is 12.4 Å². The zero-order valence-corrected chi connectivity index (χ0v) is 9.55. The highest BCUT2D eigenvalue weighted by molar-refractivity contribution is 5.40. The van der Waals surface area contributed by atoms with Crippen molar-refractivity contribution in [1.82, 2.24) is 4.98 Å². The van der Waals surface area contributed by atoms with Crippen LogP contribution in [0.1, 0.15) is 5.56 Å². The summed E-state index contributed by atoms with van der Waals surface area (Å²) in [5.41, 5.74) is 0.838. The van der Waals surface area contributed by atoms with Crippen LogP contribution in [0.3, 0.4) is 0 Å². The maximum atomic E-state index is 9.59. The maximum absolute atomic E-state index is 9.59. The third-order valence-electron chi connectivity index (χ3n) is 2.42. The number of rotatable bonds is 4. The van der Waals surface area contributed by atoms with E-state index >= 15 is 0 Å². The Morgan fingerprint density at radius 2 is 2.06 bits per heavy atom. The smallest absolute Gasteiger partial charge is 0.137 e. The van der Waals surface area contributed by atoms with E-state index in [1.54, 1.807) is 25.4 Å². The van der Waals surface area contributed by atoms with Crippen LogP contribution in [0.5, 0.6) is 11.5 Å². The minimum Gasteiger partial charge on any atom is -0.508 e. The summed E-state index contributed by atoms with van der Waals surface area (Å²) in [6, 6.07) is 10.9. The molecule has 0 unspecified atom stereocenters. The highest BCUT2D eigenvalue weighted by Crippen LogP contribution is 2.17. The van der Waals surface area contributed by atoms with Crippen LogP contribution in [0.4, 0.5) is 5.82 Å². The van der Waals surface area contributed by atoms with Gasteiger partial charge in [-0.05, 0) is 18.2 Å². The number of aromatic hydroxyl groups is 1. The van der Waals surface area contributed by atoms with Crippen LogP contribution in [-0.4, -0.2) is 17.2 Å². The Kier molecular flexibility index (Phi) is 3.45. The molecule has 0 radical (unpaired) electrons. The van der Waals surface area contributed by atoms with Crippen LogP contribution >= 0.6 is 0 Å². The molecule has 17 heavy (non-hydrogen) atoms. The molecule has 1 aromatic carbocycles. The minimum absolute atomic E-state index is 0.286. The number of phenols is 1. The van der Waals surface area contributed by atoms with Crippen LogP contribution in [0.25, 0.3) is 0 Å². The molecule has 0 spiro atoms. The summed E-state index contributed by atoms with van der Waals surface area (Å²) in [6.45, 7) is 0.534. The van der Waals surface area contributed by atoms with Crippen molar-refractivity contribution in [3.8, 4) is 11.5 Å². The van der Waals surface area contributed by atoms with Crippen LogP contribution in [0, 0.1) is 0 Å². The van der Waals surface area contributed by atoms with E-state index in [2.05, 4.69) is 10.3 Å². The molecule has 2 N–H and O–H groups in total. The van der Waals surface area contributed by atoms with E-state index < -0.39 is 0 Å². The number of nitrogens with one attached hydrogen (secondary N) is 1. The predicted molar refractivity (Wildman–Crippen MR) is 66.2 cm³/mol. The summed E-state index contributed by atoms with van der Waals surface area (Å²) in [5.74, 6) is 1.75. The molecule has 0 bridgehead atoms. The first-order valence-corrected chi connectivity index (χ1v) is 5.30. The number of para-hydroxylation sites is 1. The highest BCUT2D eigenvalue weighted by Gasteiger charge is 2.00. The second kappa shape index (κ2) is 5.21. The van der Waals surface area contributed by atoms with Crippen molar-refractivity contribution in [3.05, 3.63) is 48.2 Å². The molecule has 0 saturated carbocycles. The first-order valence-electron chi connectivity index (χ1n) is 5.30. The lowest BCUT2D eigenvalue weighted by Gasteiger charge is -2.07. The van der Waals surface area contributed by atoms with Gasteiger partial charge in [-0.25, -0.2) is 4.98 Å². The third-order valence-corrected chi connectivity index (χ3v) is 2.42. The summed E-state index contributed by atoms with van der Waals surface area (Å²) in [4.78, 5) is 4.18. The van der Waals surface area contributed by atoms with Gasteiger partial charge >= 0.3 is 0 Å². The Labute approximate surface area is 99.9 Å². The zero-order valence-electron chi connectivity index (χ0n) is 9.55. The van der Waals surface area contributed by atoms with Crippen LogP contribution in [0.2, 0.25) is 0 Å². The SMILES string of the molecule is COc1ccc(NCc2ccccc2O)nc1. The Bertz CT molecular complexity index is 483. The van der Waals surface area contributed by atoms with Gasteiger partial charge in [-0.2, -0.15) is 0 Å². The van der Waals surface area contributed by atoms with Gasteiger partial charge in [0, 0.05) is 12.1 Å². The van der Waals surface area contributed by atoms with Gasteiger partial charge in [-0.3, -0.25) is 0 Å². The highest BCUT2D eigenvalue weighted by atomic mass is 16.5. The van der Waals surface area contributed by atoms with E-state index in [9.17, 15) is 5.11 Å². The summed E-state index contributed by atoms with van der Waals surface area (Å²) < 4.78 is 5.02. The Hall–Kier alpha value is -2.23. The molecule has 0 aliphatic heterocycles. The number of methoxy groups -OCH3 is 1. The molecule has 0 atom stereocenters. The molecule has 0 amide bonds. The van der Waals surface area contributed by atoms with Crippen molar-refractivity contribution in [1.29, 1.82) is 0 Å². The first-order chi connectivity index (χ1) is 8.29. The molecule has 4 nitrogen and oxygen atoms in total. The molecule has 1 aromatic heterocycles. The molecule has 0 aliphatic rings. The van der Waals surface area contributed by atoms with Crippen molar-refractivity contribution >= 4 is 5.82 Å². The van der Waals surface area contributed by atoms with Crippen molar-refractivity contribution in [2.45, 2.75) is 6.54 Å². The van der Waals surface area contributed by atoms with Gasteiger partial charge in [0.05, 0.1) is 13.3 Å². The Morgan fingerprint density at radius 3 is 2.71 bits per heavy atom. The Balaban J connectivity index is 2.00. The summed E-state index contributed by atoms with van der Waals surface area (Å²) in [7, 11) is 1.60. The molecule has 0 saturated heterocycles. The fraction of sp³-hybridized carbons (Fsp3) is 0.154. The maximum Gasteiger partial charge on any atom is 0.137 e. The monoisotopic (exact) mass is 230 g/mol. The van der Waals surface area contributed by atoms with Gasteiger partial charge in [-0.1, -0.05) is 18.2 Å². The first kappa shape index (κ1) is 11.3. The number of benzene rings is 1. The van der Waals surface area contributed by atoms with Crippen molar-refractivity contribution in [2.24, 2.45) is 0 Å². The van der Waals surface area contributed by atoms with Crippen LogP contribution < -0.4 is 10.1 Å². The zero-order chi connectivity index (χ0) is 12.1. The van der Waals surface area contributed by atoms with Crippen molar-refractivity contribution < 1.29 is 9.84 Å². The molecular formula is C13H14N2O2. The average Bonchev–Trinajstić information content (AvgIpc) is 2.38. The normalized spacial score (nSPS) is 9.94. The second-order valence-corrected chi connectivity index (χ2v) is 3.57. The summed E-state index contributed by atoms with van der Waals surface area (Å²) >= 11 is 0. The van der Waals surface area contributed by atoms with Crippen molar-refractivity contribution in [3.63, 3.8) is 0 Å². The van der Waals surface area contributed by atoms with Crippen LogP contribution in [-0.2, 0) is 6.54 Å². The third kappa shape index (κ3) is 2.87. The van der Waals surface area contributed by atoms with Gasteiger partial charge in [-0.15, -0.1) is 0 Å². The van der Waals surface area contributed by atoms with Crippen LogP contribution in [0.15, 0.2) is 42.6 Å². The van der Waals surface area contributed by atoms with E-state index in [1.807, 2.05) is 24.3 Å². The molecule has 1 heterocycles. The molecule has 2 rings (SSSR count). The van der Waals surface area contributed by atoms with Gasteiger partial charge in [0.15, 0.2) is 0 Å². The Morgan fingerprint density at radius 1 is 1.24 bits per heavy atom. The summed E-state index contributed by atoms with van der Waals surface area (Å²) in [6.07, 6.45) is 1.65. The van der Waals surface area contributed by atoms with E-state index in [0.717, 1.165) is 17.1 Å². The summed E-state index contributed by atoms with van der Waals surface area (Å²) in [5, 5.41) is 12.7. The molecular weight excluding hydrogens is 216 g/mol. The number of hydrogen-bond acceptors (Lipinski definition) is 4. The standard InChI is InChI=1S/C13H14N2O2/c1-17-11-6-7-13(15-9-11)14-8-10-4-2-3-5-12(10)16/h2-7,9,16H,8H2,1H3,(H,14,15). The molecule has 4 heteroatoms. The topological polar surface area (TPSA) is 54.4 Å². The van der Waals surface area contributed by atoms with Gasteiger partial charge in [0.2, 0.25) is 0 Å². The molecule has 88 valence electrons.